The van der Waals surface area contributed by atoms with E-state index in [2.05, 4.69) is 5.32 Å². The van der Waals surface area contributed by atoms with Gasteiger partial charge in [0.05, 0.1) is 30.2 Å². The number of carbonyl (C=O) groups is 1. The molecular weight excluding hydrogens is 388 g/mol. The van der Waals surface area contributed by atoms with Gasteiger partial charge in [-0.05, 0) is 30.0 Å². The van der Waals surface area contributed by atoms with Gasteiger partial charge in [-0.15, -0.1) is 0 Å². The first-order valence-electron chi connectivity index (χ1n) is 9.84. The van der Waals surface area contributed by atoms with Crippen LogP contribution in [-0.2, 0) is 27.6 Å². The highest BCUT2D eigenvalue weighted by molar-refractivity contribution is 7.91. The Morgan fingerprint density at radius 1 is 1.14 bits per heavy atom. The summed E-state index contributed by atoms with van der Waals surface area (Å²) < 4.78 is 24.1. The standard InChI is InChI=1S/C22H28N2O4S/c1-3-18-11-7-8-16(2)22(18)23-21(26)13-24(12-17-9-5-4-6-10-17)19-14-29(27,28)15-20(19)25/h4-11,19-20,25H,3,12-15H2,1-2H3,(H,23,26). The molecule has 2 atom stereocenters. The van der Waals surface area contributed by atoms with E-state index in [1.165, 1.54) is 0 Å². The molecule has 0 aliphatic carbocycles. The number of aliphatic hydroxyl groups excluding tert-OH is 1. The summed E-state index contributed by atoms with van der Waals surface area (Å²) in [6.07, 6.45) is -0.203. The molecule has 1 aliphatic heterocycles. The Bertz CT molecular complexity index is 960. The summed E-state index contributed by atoms with van der Waals surface area (Å²) in [6.45, 7) is 4.37. The quantitative estimate of drug-likeness (QED) is 0.722. The normalized spacial score (nSPS) is 20.7. The maximum Gasteiger partial charge on any atom is 0.238 e. The maximum atomic E-state index is 12.9. The number of benzene rings is 2. The molecule has 3 rings (SSSR count). The number of anilines is 1. The Balaban J connectivity index is 1.80. The van der Waals surface area contributed by atoms with Gasteiger partial charge in [0.1, 0.15) is 0 Å². The van der Waals surface area contributed by atoms with Crippen LogP contribution in [0, 0.1) is 6.92 Å². The second-order valence-electron chi connectivity index (χ2n) is 7.61. The number of rotatable bonds is 7. The molecule has 1 heterocycles. The summed E-state index contributed by atoms with van der Waals surface area (Å²) in [5.74, 6) is -0.622. The molecule has 2 unspecified atom stereocenters. The SMILES string of the molecule is CCc1cccc(C)c1NC(=O)CN(Cc1ccccc1)C1CS(=O)(=O)CC1O. The molecule has 156 valence electrons. The molecule has 2 aromatic rings. The predicted octanol–water partition coefficient (Wildman–Crippen LogP) is 2.16. The van der Waals surface area contributed by atoms with E-state index in [9.17, 15) is 18.3 Å². The van der Waals surface area contributed by atoms with Gasteiger partial charge in [-0.25, -0.2) is 8.42 Å². The molecule has 0 aromatic heterocycles. The first-order chi connectivity index (χ1) is 13.8. The van der Waals surface area contributed by atoms with Crippen molar-refractivity contribution in [1.82, 2.24) is 4.90 Å². The van der Waals surface area contributed by atoms with Crippen LogP contribution < -0.4 is 5.32 Å². The summed E-state index contributed by atoms with van der Waals surface area (Å²) >= 11 is 0. The van der Waals surface area contributed by atoms with Crippen LogP contribution in [0.1, 0.15) is 23.6 Å². The van der Waals surface area contributed by atoms with Gasteiger partial charge in [-0.3, -0.25) is 9.69 Å². The smallest absolute Gasteiger partial charge is 0.238 e. The minimum Gasteiger partial charge on any atom is -0.390 e. The van der Waals surface area contributed by atoms with Crippen molar-refractivity contribution in [3.8, 4) is 0 Å². The number of aryl methyl sites for hydroxylation is 2. The molecule has 6 nitrogen and oxygen atoms in total. The number of sulfone groups is 1. The summed E-state index contributed by atoms with van der Waals surface area (Å²) in [5.41, 5.74) is 3.80. The number of aliphatic hydroxyl groups is 1. The van der Waals surface area contributed by atoms with Crippen molar-refractivity contribution in [2.75, 3.05) is 23.4 Å². The Labute approximate surface area is 172 Å². The van der Waals surface area contributed by atoms with Gasteiger partial charge < -0.3 is 10.4 Å². The Kier molecular flexibility index (Phi) is 6.72. The number of hydrogen-bond donors (Lipinski definition) is 2. The van der Waals surface area contributed by atoms with Gasteiger partial charge in [-0.2, -0.15) is 0 Å². The van der Waals surface area contributed by atoms with Gasteiger partial charge >= 0.3 is 0 Å². The van der Waals surface area contributed by atoms with E-state index in [0.29, 0.717) is 6.54 Å². The zero-order valence-electron chi connectivity index (χ0n) is 16.8. The van der Waals surface area contributed by atoms with Crippen LogP contribution >= 0.6 is 0 Å². The molecule has 0 saturated carbocycles. The molecule has 2 N–H and O–H groups in total. The van der Waals surface area contributed by atoms with Crippen molar-refractivity contribution in [3.63, 3.8) is 0 Å². The molecule has 0 radical (unpaired) electrons. The zero-order valence-corrected chi connectivity index (χ0v) is 17.7. The number of hydrogen-bond acceptors (Lipinski definition) is 5. The Hall–Kier alpha value is -2.22. The van der Waals surface area contributed by atoms with E-state index < -0.39 is 22.0 Å². The fourth-order valence-corrected chi connectivity index (χ4v) is 5.66. The zero-order chi connectivity index (χ0) is 21.0. The third-order valence-electron chi connectivity index (χ3n) is 5.34. The fraction of sp³-hybridized carbons (Fsp3) is 0.409. The van der Waals surface area contributed by atoms with Crippen molar-refractivity contribution < 1.29 is 18.3 Å². The molecule has 1 aliphatic rings. The van der Waals surface area contributed by atoms with Crippen LogP contribution in [0.15, 0.2) is 48.5 Å². The minimum atomic E-state index is -3.32. The van der Waals surface area contributed by atoms with E-state index in [4.69, 9.17) is 0 Å². The molecule has 2 aromatic carbocycles. The van der Waals surface area contributed by atoms with Gasteiger partial charge in [0.2, 0.25) is 5.91 Å². The van der Waals surface area contributed by atoms with Gasteiger partial charge in [0.15, 0.2) is 9.84 Å². The number of nitrogens with one attached hydrogen (secondary N) is 1. The second kappa shape index (κ2) is 9.07. The van der Waals surface area contributed by atoms with Gasteiger partial charge in [0.25, 0.3) is 0 Å². The third-order valence-corrected chi connectivity index (χ3v) is 7.04. The van der Waals surface area contributed by atoms with Crippen molar-refractivity contribution in [2.45, 2.75) is 39.0 Å². The van der Waals surface area contributed by atoms with Crippen LogP contribution in [-0.4, -0.2) is 54.5 Å². The monoisotopic (exact) mass is 416 g/mol. The van der Waals surface area contributed by atoms with Crippen LogP contribution in [0.25, 0.3) is 0 Å². The average Bonchev–Trinajstić information content (AvgIpc) is 2.96. The molecule has 0 spiro atoms. The van der Waals surface area contributed by atoms with Crippen molar-refractivity contribution in [2.24, 2.45) is 0 Å². The van der Waals surface area contributed by atoms with E-state index in [1.54, 1.807) is 4.90 Å². The first kappa shape index (κ1) is 21.5. The topological polar surface area (TPSA) is 86.7 Å². The highest BCUT2D eigenvalue weighted by Crippen LogP contribution is 2.23. The molecule has 1 fully saturated rings. The summed E-state index contributed by atoms with van der Waals surface area (Å²) in [5, 5.41) is 13.3. The van der Waals surface area contributed by atoms with Crippen LogP contribution in [0.3, 0.4) is 0 Å². The van der Waals surface area contributed by atoms with Crippen LogP contribution in [0.2, 0.25) is 0 Å². The molecular formula is C22H28N2O4S. The summed E-state index contributed by atoms with van der Waals surface area (Å²) in [7, 11) is -3.32. The number of nitrogens with zero attached hydrogens (tertiary/aromatic N) is 1. The van der Waals surface area contributed by atoms with E-state index in [0.717, 1.165) is 28.8 Å². The number of para-hydroxylation sites is 1. The summed E-state index contributed by atoms with van der Waals surface area (Å²) in [4.78, 5) is 14.6. The minimum absolute atomic E-state index is 0.00360. The third kappa shape index (κ3) is 5.44. The number of carbonyl (C=O) groups excluding carboxylic acids is 1. The largest absolute Gasteiger partial charge is 0.390 e. The number of amides is 1. The summed E-state index contributed by atoms with van der Waals surface area (Å²) in [6, 6.07) is 14.8. The average molecular weight is 417 g/mol. The molecule has 1 saturated heterocycles. The lowest BCUT2D eigenvalue weighted by Crippen LogP contribution is -2.46. The van der Waals surface area contributed by atoms with Crippen LogP contribution in [0.4, 0.5) is 5.69 Å². The molecule has 29 heavy (non-hydrogen) atoms. The van der Waals surface area contributed by atoms with Gasteiger partial charge in [-0.1, -0.05) is 55.5 Å². The van der Waals surface area contributed by atoms with Crippen molar-refractivity contribution in [1.29, 1.82) is 0 Å². The second-order valence-corrected chi connectivity index (χ2v) is 9.77. The van der Waals surface area contributed by atoms with Crippen molar-refractivity contribution >= 4 is 21.4 Å². The predicted molar refractivity (Wildman–Crippen MR) is 114 cm³/mol. The molecule has 7 heteroatoms. The van der Waals surface area contributed by atoms with E-state index >= 15 is 0 Å². The highest BCUT2D eigenvalue weighted by Gasteiger charge is 2.40. The lowest BCUT2D eigenvalue weighted by atomic mass is 10.1. The molecule has 1 amide bonds. The van der Waals surface area contributed by atoms with Gasteiger partial charge in [0, 0.05) is 12.2 Å². The Morgan fingerprint density at radius 2 is 1.86 bits per heavy atom. The van der Waals surface area contributed by atoms with E-state index in [1.807, 2.05) is 62.4 Å². The lowest BCUT2D eigenvalue weighted by molar-refractivity contribution is -0.118. The maximum absolute atomic E-state index is 12.9. The first-order valence-corrected chi connectivity index (χ1v) is 11.7. The fourth-order valence-electron chi connectivity index (χ4n) is 3.83. The van der Waals surface area contributed by atoms with E-state index in [-0.39, 0.29) is 24.0 Å². The highest BCUT2D eigenvalue weighted by atomic mass is 32.2. The van der Waals surface area contributed by atoms with Crippen LogP contribution in [0.5, 0.6) is 0 Å². The lowest BCUT2D eigenvalue weighted by Gasteiger charge is -2.30. The Morgan fingerprint density at radius 3 is 2.48 bits per heavy atom. The van der Waals surface area contributed by atoms with Crippen molar-refractivity contribution in [3.05, 3.63) is 65.2 Å². The molecule has 0 bridgehead atoms.